The maximum atomic E-state index is 14.1. The largest absolute Gasteiger partial charge is 0.370 e. The van der Waals surface area contributed by atoms with Crippen molar-refractivity contribution in [2.45, 2.75) is 51.4 Å². The average Bonchev–Trinajstić information content (AvgIpc) is 3.44. The van der Waals surface area contributed by atoms with E-state index in [1.54, 1.807) is 6.07 Å². The van der Waals surface area contributed by atoms with Gasteiger partial charge in [0.15, 0.2) is 0 Å². The lowest BCUT2D eigenvalue weighted by molar-refractivity contribution is -0.120. The van der Waals surface area contributed by atoms with Gasteiger partial charge in [0.05, 0.1) is 23.8 Å². The lowest BCUT2D eigenvalue weighted by Gasteiger charge is -2.29. The molecular weight excluding hydrogens is 385 g/mol. The van der Waals surface area contributed by atoms with Gasteiger partial charge in [-0.05, 0) is 32.8 Å². The molecule has 3 aliphatic heterocycles. The van der Waals surface area contributed by atoms with E-state index in [0.717, 1.165) is 42.8 Å². The van der Waals surface area contributed by atoms with Crippen molar-refractivity contribution >= 4 is 5.91 Å². The number of hydrogen-bond acceptors (Lipinski definition) is 5. The summed E-state index contributed by atoms with van der Waals surface area (Å²) in [5.74, 6) is 1.22. The molecule has 1 spiro atoms. The van der Waals surface area contributed by atoms with Gasteiger partial charge in [0.2, 0.25) is 5.91 Å². The van der Waals surface area contributed by atoms with Crippen LogP contribution in [0.2, 0.25) is 0 Å². The van der Waals surface area contributed by atoms with E-state index in [1.807, 2.05) is 26.0 Å². The summed E-state index contributed by atoms with van der Waals surface area (Å²) in [6.07, 6.45) is 2.59. The van der Waals surface area contributed by atoms with Crippen molar-refractivity contribution < 1.29 is 18.4 Å². The van der Waals surface area contributed by atoms with E-state index >= 15 is 0 Å². The number of ether oxygens (including phenoxy) is 1. The van der Waals surface area contributed by atoms with Crippen LogP contribution in [0, 0.1) is 31.5 Å². The number of carbonyl (C=O) groups excluding carboxylic acids is 1. The Balaban J connectivity index is 1.22. The summed E-state index contributed by atoms with van der Waals surface area (Å²) < 4.78 is 25.7. The minimum atomic E-state index is -0.152. The molecule has 1 aromatic carbocycles. The number of aromatic nitrogens is 1. The predicted molar refractivity (Wildman–Crippen MR) is 108 cm³/mol. The summed E-state index contributed by atoms with van der Waals surface area (Å²) in [5.41, 5.74) is 2.23. The normalized spacial score (nSPS) is 30.0. The highest BCUT2D eigenvalue weighted by Crippen LogP contribution is 2.54. The Bertz CT molecular complexity index is 941. The van der Waals surface area contributed by atoms with E-state index in [9.17, 15) is 9.18 Å². The Hall–Kier alpha value is -2.25. The Morgan fingerprint density at radius 2 is 2.20 bits per heavy atom. The number of likely N-dealkylation sites (tertiary alicyclic amines) is 1. The number of carbonyl (C=O) groups is 1. The van der Waals surface area contributed by atoms with Gasteiger partial charge in [0.1, 0.15) is 11.6 Å². The molecule has 4 heterocycles. The molecule has 0 radical (unpaired) electrons. The van der Waals surface area contributed by atoms with Gasteiger partial charge in [-0.1, -0.05) is 23.4 Å². The van der Waals surface area contributed by atoms with Gasteiger partial charge in [0, 0.05) is 49.1 Å². The first-order valence-corrected chi connectivity index (χ1v) is 10.8. The number of halogens is 1. The number of hydrogen-bond donors (Lipinski definition) is 1. The SMILES string of the molecule is Cc1noc(C)c1CC(=O)NC[C@H]1[C@H]2CN(Cc3ccccc3F)C[C@]23CC[C@H]1O3. The average molecular weight is 413 g/mol. The molecule has 7 heteroatoms. The van der Waals surface area contributed by atoms with Gasteiger partial charge in [0.25, 0.3) is 0 Å². The molecule has 4 atom stereocenters. The summed E-state index contributed by atoms with van der Waals surface area (Å²) in [4.78, 5) is 14.8. The lowest BCUT2D eigenvalue weighted by atomic mass is 9.73. The molecule has 3 saturated heterocycles. The Labute approximate surface area is 175 Å². The highest BCUT2D eigenvalue weighted by Gasteiger charge is 2.62. The molecule has 1 amide bonds. The van der Waals surface area contributed by atoms with Crippen LogP contribution in [0.1, 0.15) is 35.4 Å². The van der Waals surface area contributed by atoms with Crippen molar-refractivity contribution in [3.8, 4) is 0 Å². The fourth-order valence-electron chi connectivity index (χ4n) is 5.76. The second kappa shape index (κ2) is 7.46. The molecule has 0 aliphatic carbocycles. The summed E-state index contributed by atoms with van der Waals surface area (Å²) in [5, 5.41) is 7.04. The first-order valence-electron chi connectivity index (χ1n) is 10.8. The predicted octanol–water partition coefficient (Wildman–Crippen LogP) is 2.77. The number of fused-ring (bicyclic) bond motifs is 1. The van der Waals surface area contributed by atoms with Crippen molar-refractivity contribution in [2.24, 2.45) is 11.8 Å². The molecule has 3 aliphatic rings. The number of aryl methyl sites for hydroxylation is 2. The van der Waals surface area contributed by atoms with Gasteiger partial charge in [-0.15, -0.1) is 0 Å². The number of rotatable bonds is 6. The lowest BCUT2D eigenvalue weighted by Crippen LogP contribution is -2.42. The van der Waals surface area contributed by atoms with E-state index in [-0.39, 0.29) is 29.9 Å². The summed E-state index contributed by atoms with van der Waals surface area (Å²) in [7, 11) is 0. The molecule has 160 valence electrons. The van der Waals surface area contributed by atoms with Gasteiger partial charge in [-0.25, -0.2) is 4.39 Å². The molecule has 5 rings (SSSR count). The summed E-state index contributed by atoms with van der Waals surface area (Å²) >= 11 is 0. The smallest absolute Gasteiger partial charge is 0.224 e. The summed E-state index contributed by atoms with van der Waals surface area (Å²) in [6.45, 7) is 6.63. The molecule has 0 unspecified atom stereocenters. The minimum Gasteiger partial charge on any atom is -0.370 e. The van der Waals surface area contributed by atoms with Crippen LogP contribution in [0.4, 0.5) is 4.39 Å². The number of nitrogens with one attached hydrogen (secondary N) is 1. The topological polar surface area (TPSA) is 67.6 Å². The van der Waals surface area contributed by atoms with Crippen LogP contribution >= 0.6 is 0 Å². The molecule has 1 N–H and O–H groups in total. The van der Waals surface area contributed by atoms with E-state index < -0.39 is 0 Å². The molecule has 30 heavy (non-hydrogen) atoms. The molecule has 2 aromatic rings. The molecule has 3 fully saturated rings. The van der Waals surface area contributed by atoms with Crippen LogP contribution in [0.25, 0.3) is 0 Å². The quantitative estimate of drug-likeness (QED) is 0.789. The van der Waals surface area contributed by atoms with Gasteiger partial charge < -0.3 is 14.6 Å². The van der Waals surface area contributed by atoms with Crippen molar-refractivity contribution in [1.82, 2.24) is 15.4 Å². The van der Waals surface area contributed by atoms with Crippen LogP contribution in [0.15, 0.2) is 28.8 Å². The third-order valence-corrected chi connectivity index (χ3v) is 7.26. The van der Waals surface area contributed by atoms with Crippen LogP contribution in [-0.2, 0) is 22.5 Å². The number of nitrogens with zero attached hydrogens (tertiary/aromatic N) is 2. The first-order chi connectivity index (χ1) is 14.4. The molecule has 6 nitrogen and oxygen atoms in total. The van der Waals surface area contributed by atoms with Gasteiger partial charge >= 0.3 is 0 Å². The first kappa shape index (κ1) is 19.7. The zero-order chi connectivity index (χ0) is 20.9. The van der Waals surface area contributed by atoms with Crippen LogP contribution in [0.3, 0.4) is 0 Å². The number of benzene rings is 1. The summed E-state index contributed by atoms with van der Waals surface area (Å²) in [6, 6.07) is 6.98. The Kier molecular flexibility index (Phi) is 4.90. The maximum absolute atomic E-state index is 14.1. The van der Waals surface area contributed by atoms with E-state index in [1.165, 1.54) is 6.07 Å². The fourth-order valence-corrected chi connectivity index (χ4v) is 5.76. The highest BCUT2D eigenvalue weighted by atomic mass is 19.1. The van der Waals surface area contributed by atoms with Gasteiger partial charge in [-0.2, -0.15) is 0 Å². The second-order valence-corrected chi connectivity index (χ2v) is 9.07. The molecule has 0 saturated carbocycles. The standard InChI is InChI=1S/C23H28FN3O3/c1-14-17(15(2)30-26-14)9-22(28)25-10-18-19-12-27(11-16-5-3-4-6-20(16)24)13-23(19)8-7-21(18)29-23/h3-6,18-19,21H,7-13H2,1-2H3,(H,25,28)/t18-,19+,21+,23+/m0/s1. The second-order valence-electron chi connectivity index (χ2n) is 9.07. The van der Waals surface area contributed by atoms with Crippen molar-refractivity contribution in [3.63, 3.8) is 0 Å². The van der Waals surface area contributed by atoms with E-state index in [4.69, 9.17) is 9.26 Å². The Morgan fingerprint density at radius 3 is 2.97 bits per heavy atom. The zero-order valence-electron chi connectivity index (χ0n) is 17.5. The van der Waals surface area contributed by atoms with Crippen molar-refractivity contribution in [1.29, 1.82) is 0 Å². The van der Waals surface area contributed by atoms with Gasteiger partial charge in [-0.3, -0.25) is 9.69 Å². The van der Waals surface area contributed by atoms with Crippen LogP contribution in [0.5, 0.6) is 0 Å². The van der Waals surface area contributed by atoms with Crippen molar-refractivity contribution in [2.75, 3.05) is 19.6 Å². The Morgan fingerprint density at radius 1 is 1.37 bits per heavy atom. The molecule has 2 bridgehead atoms. The monoisotopic (exact) mass is 413 g/mol. The van der Waals surface area contributed by atoms with Crippen LogP contribution < -0.4 is 5.32 Å². The third kappa shape index (κ3) is 3.34. The zero-order valence-corrected chi connectivity index (χ0v) is 17.5. The van der Waals surface area contributed by atoms with Crippen LogP contribution in [-0.4, -0.2) is 47.3 Å². The van der Waals surface area contributed by atoms with Crippen molar-refractivity contribution in [3.05, 3.63) is 52.7 Å². The molecule has 1 aromatic heterocycles. The van der Waals surface area contributed by atoms with E-state index in [2.05, 4.69) is 15.4 Å². The highest BCUT2D eigenvalue weighted by molar-refractivity contribution is 5.79. The fraction of sp³-hybridized carbons (Fsp3) is 0.565. The minimum absolute atomic E-state index is 0.0116. The third-order valence-electron chi connectivity index (χ3n) is 7.26. The number of amides is 1. The van der Waals surface area contributed by atoms with E-state index in [0.29, 0.717) is 30.7 Å². The molecular formula is C23H28FN3O3. The maximum Gasteiger partial charge on any atom is 0.224 e.